The third-order valence-corrected chi connectivity index (χ3v) is 2.87. The van der Waals surface area contributed by atoms with Crippen LogP contribution in [0, 0.1) is 0 Å². The molecule has 0 bridgehead atoms. The van der Waals surface area contributed by atoms with E-state index in [-0.39, 0.29) is 24.5 Å². The molecule has 16 heavy (non-hydrogen) atoms. The summed E-state index contributed by atoms with van der Waals surface area (Å²) in [6, 6.07) is -0.412. The number of hydrogen-bond acceptors (Lipinski definition) is 4. The molecule has 1 aliphatic heterocycles. The average Bonchev–Trinajstić information content (AvgIpc) is 2.34. The van der Waals surface area contributed by atoms with Gasteiger partial charge in [0, 0.05) is 6.04 Å². The lowest BCUT2D eigenvalue weighted by Gasteiger charge is -2.27. The van der Waals surface area contributed by atoms with E-state index in [1.54, 1.807) is 6.92 Å². The molecule has 0 aromatic carbocycles. The van der Waals surface area contributed by atoms with Crippen LogP contribution in [-0.4, -0.2) is 42.0 Å². The third-order valence-electron chi connectivity index (χ3n) is 2.87. The van der Waals surface area contributed by atoms with Crippen molar-refractivity contribution in [3.8, 4) is 0 Å². The minimum absolute atomic E-state index is 0.0154. The second-order valence-corrected chi connectivity index (χ2v) is 4.16. The number of carbonyl (C=O) groups excluding carboxylic acids is 2. The molecule has 5 heteroatoms. The van der Waals surface area contributed by atoms with Crippen molar-refractivity contribution >= 4 is 11.9 Å². The van der Waals surface area contributed by atoms with Gasteiger partial charge in [-0.3, -0.25) is 9.59 Å². The number of nitrogens with zero attached hydrogens (tertiary/aromatic N) is 1. The Morgan fingerprint density at radius 2 is 2.25 bits per heavy atom. The summed E-state index contributed by atoms with van der Waals surface area (Å²) in [6.45, 7) is 4.04. The first-order chi connectivity index (χ1) is 7.56. The van der Waals surface area contributed by atoms with Crippen molar-refractivity contribution in [1.82, 2.24) is 4.90 Å². The number of hydrogen-bond donors (Lipinski definition) is 1. The molecule has 0 aromatic heterocycles. The summed E-state index contributed by atoms with van der Waals surface area (Å²) in [4.78, 5) is 24.8. The van der Waals surface area contributed by atoms with Gasteiger partial charge >= 0.3 is 5.97 Å². The van der Waals surface area contributed by atoms with E-state index in [1.165, 1.54) is 4.90 Å². The van der Waals surface area contributed by atoms with Crippen LogP contribution in [-0.2, 0) is 14.3 Å². The molecule has 0 spiro atoms. The van der Waals surface area contributed by atoms with Gasteiger partial charge in [-0.15, -0.1) is 0 Å². The summed E-state index contributed by atoms with van der Waals surface area (Å²) >= 11 is 0. The van der Waals surface area contributed by atoms with Gasteiger partial charge in [0.1, 0.15) is 6.54 Å². The van der Waals surface area contributed by atoms with Crippen LogP contribution in [0.25, 0.3) is 0 Å². The molecule has 0 aromatic rings. The molecule has 1 saturated heterocycles. The summed E-state index contributed by atoms with van der Waals surface area (Å²) in [5.74, 6) is -0.505. The van der Waals surface area contributed by atoms with Crippen molar-refractivity contribution in [3.05, 3.63) is 0 Å². The number of amides is 1. The van der Waals surface area contributed by atoms with E-state index >= 15 is 0 Å². The Hall–Kier alpha value is -1.10. The highest BCUT2D eigenvalue weighted by Crippen LogP contribution is 2.16. The second kappa shape index (κ2) is 5.84. The Morgan fingerprint density at radius 3 is 2.88 bits per heavy atom. The summed E-state index contributed by atoms with van der Waals surface area (Å²) in [6.07, 6.45) is 2.51. The smallest absolute Gasteiger partial charge is 0.325 e. The average molecular weight is 228 g/mol. The molecular formula is C11H20N2O3. The van der Waals surface area contributed by atoms with E-state index in [9.17, 15) is 9.59 Å². The first-order valence-corrected chi connectivity index (χ1v) is 5.78. The van der Waals surface area contributed by atoms with Crippen LogP contribution in [0.15, 0.2) is 0 Å². The van der Waals surface area contributed by atoms with Gasteiger partial charge in [0.25, 0.3) is 0 Å². The number of nitrogens with two attached hydrogens (primary N) is 1. The Morgan fingerprint density at radius 1 is 1.56 bits per heavy atom. The van der Waals surface area contributed by atoms with Gasteiger partial charge in [0.05, 0.1) is 12.6 Å². The molecular weight excluding hydrogens is 208 g/mol. The first-order valence-electron chi connectivity index (χ1n) is 5.78. The highest BCUT2D eigenvalue weighted by Gasteiger charge is 2.30. The highest BCUT2D eigenvalue weighted by atomic mass is 16.5. The van der Waals surface area contributed by atoms with Crippen LogP contribution in [0.3, 0.4) is 0 Å². The molecule has 1 aliphatic rings. The van der Waals surface area contributed by atoms with E-state index in [0.717, 1.165) is 12.8 Å². The van der Waals surface area contributed by atoms with Crippen molar-refractivity contribution < 1.29 is 14.3 Å². The fourth-order valence-corrected chi connectivity index (χ4v) is 1.92. The summed E-state index contributed by atoms with van der Waals surface area (Å²) in [5.41, 5.74) is 5.74. The molecule has 2 N–H and O–H groups in total. The largest absolute Gasteiger partial charge is 0.465 e. The first kappa shape index (κ1) is 13.0. The topological polar surface area (TPSA) is 72.6 Å². The fourth-order valence-electron chi connectivity index (χ4n) is 1.92. The monoisotopic (exact) mass is 228 g/mol. The third kappa shape index (κ3) is 3.20. The van der Waals surface area contributed by atoms with Crippen LogP contribution < -0.4 is 5.73 Å². The number of rotatable bonds is 3. The maximum absolute atomic E-state index is 11.9. The second-order valence-electron chi connectivity index (χ2n) is 4.16. The maximum Gasteiger partial charge on any atom is 0.325 e. The van der Waals surface area contributed by atoms with Crippen LogP contribution >= 0.6 is 0 Å². The summed E-state index contributed by atoms with van der Waals surface area (Å²) < 4.78 is 4.84. The standard InChI is InChI=1S/C11H20N2O3/c1-3-16-10(14)7-13-8(2)5-4-6-9(12)11(13)15/h8-9H,3-7,12H2,1-2H3/t8-,9+/m1/s1. The SMILES string of the molecule is CCOC(=O)CN1C(=O)[C@@H](N)CCC[C@H]1C. The normalized spacial score (nSPS) is 26.4. The summed E-state index contributed by atoms with van der Waals surface area (Å²) in [7, 11) is 0. The molecule has 5 nitrogen and oxygen atoms in total. The zero-order valence-corrected chi connectivity index (χ0v) is 9.94. The lowest BCUT2D eigenvalue weighted by atomic mass is 10.1. The molecule has 1 heterocycles. The number of likely N-dealkylation sites (tertiary alicyclic amines) is 1. The lowest BCUT2D eigenvalue weighted by molar-refractivity contribution is -0.150. The maximum atomic E-state index is 11.9. The van der Waals surface area contributed by atoms with E-state index in [1.807, 2.05) is 6.92 Å². The zero-order valence-electron chi connectivity index (χ0n) is 9.94. The highest BCUT2D eigenvalue weighted by molar-refractivity contribution is 5.86. The molecule has 0 unspecified atom stereocenters. The van der Waals surface area contributed by atoms with Crippen LogP contribution in [0.1, 0.15) is 33.1 Å². The van der Waals surface area contributed by atoms with E-state index < -0.39 is 6.04 Å². The number of ether oxygens (including phenoxy) is 1. The Balaban J connectivity index is 2.65. The molecule has 0 aliphatic carbocycles. The predicted octanol–water partition coefficient (Wildman–Crippen LogP) is 0.278. The van der Waals surface area contributed by atoms with Crippen molar-refractivity contribution in [2.24, 2.45) is 5.73 Å². The van der Waals surface area contributed by atoms with Crippen LogP contribution in [0.2, 0.25) is 0 Å². The Bertz CT molecular complexity index is 268. The van der Waals surface area contributed by atoms with Gasteiger partial charge in [-0.2, -0.15) is 0 Å². The minimum atomic E-state index is -0.473. The fraction of sp³-hybridized carbons (Fsp3) is 0.818. The lowest BCUT2D eigenvalue weighted by Crippen LogP contribution is -2.48. The molecule has 2 atom stereocenters. The summed E-state index contributed by atoms with van der Waals surface area (Å²) in [5, 5.41) is 0. The van der Waals surface area contributed by atoms with Crippen LogP contribution in [0.4, 0.5) is 0 Å². The molecule has 0 radical (unpaired) electrons. The zero-order chi connectivity index (χ0) is 12.1. The van der Waals surface area contributed by atoms with Crippen molar-refractivity contribution in [1.29, 1.82) is 0 Å². The van der Waals surface area contributed by atoms with E-state index in [4.69, 9.17) is 10.5 Å². The Kier molecular flexibility index (Phi) is 4.73. The van der Waals surface area contributed by atoms with Gasteiger partial charge in [-0.05, 0) is 33.1 Å². The van der Waals surface area contributed by atoms with Crippen molar-refractivity contribution in [2.75, 3.05) is 13.2 Å². The number of carbonyl (C=O) groups is 2. The molecule has 1 fully saturated rings. The van der Waals surface area contributed by atoms with Gasteiger partial charge in [-0.1, -0.05) is 0 Å². The van der Waals surface area contributed by atoms with Gasteiger partial charge in [-0.25, -0.2) is 0 Å². The molecule has 92 valence electrons. The van der Waals surface area contributed by atoms with E-state index in [0.29, 0.717) is 13.0 Å². The van der Waals surface area contributed by atoms with Crippen LogP contribution in [0.5, 0.6) is 0 Å². The van der Waals surface area contributed by atoms with Gasteiger partial charge < -0.3 is 15.4 Å². The van der Waals surface area contributed by atoms with Crippen molar-refractivity contribution in [3.63, 3.8) is 0 Å². The molecule has 1 rings (SSSR count). The quantitative estimate of drug-likeness (QED) is 0.704. The van der Waals surface area contributed by atoms with E-state index in [2.05, 4.69) is 0 Å². The molecule has 0 saturated carbocycles. The Labute approximate surface area is 95.9 Å². The van der Waals surface area contributed by atoms with Gasteiger partial charge in [0.15, 0.2) is 0 Å². The predicted molar refractivity (Wildman–Crippen MR) is 59.6 cm³/mol. The molecule has 1 amide bonds. The number of esters is 1. The van der Waals surface area contributed by atoms with Crippen molar-refractivity contribution in [2.45, 2.75) is 45.2 Å². The van der Waals surface area contributed by atoms with Gasteiger partial charge in [0.2, 0.25) is 5.91 Å². The minimum Gasteiger partial charge on any atom is -0.465 e.